The molecule has 4 N–H and O–H groups in total. The van der Waals surface area contributed by atoms with Gasteiger partial charge < -0.3 is 16.4 Å². The summed E-state index contributed by atoms with van der Waals surface area (Å²) < 4.78 is 27.3. The molecule has 3 rings (SSSR count). The molecule has 0 radical (unpaired) electrons. The number of aromatic nitrogens is 1. The van der Waals surface area contributed by atoms with Crippen LogP contribution in [0.5, 0.6) is 0 Å². The molecule has 0 saturated heterocycles. The van der Waals surface area contributed by atoms with E-state index in [1.54, 1.807) is 6.20 Å². The van der Waals surface area contributed by atoms with E-state index in [1.807, 2.05) is 32.0 Å². The van der Waals surface area contributed by atoms with Crippen LogP contribution in [0.2, 0.25) is 0 Å². The molecule has 1 aromatic rings. The van der Waals surface area contributed by atoms with Crippen molar-refractivity contribution in [2.45, 2.75) is 51.2 Å². The van der Waals surface area contributed by atoms with Crippen molar-refractivity contribution in [3.05, 3.63) is 41.4 Å². The van der Waals surface area contributed by atoms with Crippen LogP contribution in [-0.2, 0) is 6.54 Å². The molecule has 5 nitrogen and oxygen atoms in total. The summed E-state index contributed by atoms with van der Waals surface area (Å²) in [6.45, 7) is 4.15. The minimum absolute atomic E-state index is 0.113. The molecule has 130 valence electrons. The molecule has 1 saturated carbocycles. The van der Waals surface area contributed by atoms with Gasteiger partial charge in [-0.25, -0.2) is 13.8 Å². The third-order valence-electron chi connectivity index (χ3n) is 4.99. The Morgan fingerprint density at radius 1 is 1.38 bits per heavy atom. The Morgan fingerprint density at radius 2 is 2.17 bits per heavy atom. The molecule has 2 unspecified atom stereocenters. The second-order valence-electron chi connectivity index (χ2n) is 6.65. The van der Waals surface area contributed by atoms with Gasteiger partial charge in [-0.3, -0.25) is 4.98 Å². The van der Waals surface area contributed by atoms with Gasteiger partial charge in [0.25, 0.3) is 0 Å². The first-order chi connectivity index (χ1) is 11.3. The first-order valence-electron chi connectivity index (χ1n) is 8.14. The molecule has 0 amide bonds. The lowest BCUT2D eigenvalue weighted by Crippen LogP contribution is -2.66. The molecular weight excluding hydrogens is 312 g/mol. The topological polar surface area (TPSA) is 75.3 Å². The molecule has 7 heteroatoms. The summed E-state index contributed by atoms with van der Waals surface area (Å²) in [5.74, 6) is -2.46. The van der Waals surface area contributed by atoms with Gasteiger partial charge in [0.2, 0.25) is 5.92 Å². The Bertz CT molecular complexity index is 671. The zero-order valence-corrected chi connectivity index (χ0v) is 13.9. The van der Waals surface area contributed by atoms with Gasteiger partial charge in [0, 0.05) is 30.7 Å². The first kappa shape index (κ1) is 16.8. The van der Waals surface area contributed by atoms with E-state index < -0.39 is 11.6 Å². The highest BCUT2D eigenvalue weighted by atomic mass is 19.3. The van der Waals surface area contributed by atoms with E-state index in [4.69, 9.17) is 5.73 Å². The summed E-state index contributed by atoms with van der Waals surface area (Å²) in [7, 11) is 0. The predicted octanol–water partition coefficient (Wildman–Crippen LogP) is 2.51. The molecule has 0 spiro atoms. The van der Waals surface area contributed by atoms with Crippen LogP contribution >= 0.6 is 0 Å². The number of nitrogens with one attached hydrogen (secondary N) is 2. The average molecular weight is 335 g/mol. The van der Waals surface area contributed by atoms with Crippen molar-refractivity contribution < 1.29 is 8.78 Å². The predicted molar refractivity (Wildman–Crippen MR) is 89.2 cm³/mol. The lowest BCUT2D eigenvalue weighted by Gasteiger charge is -2.42. The third kappa shape index (κ3) is 3.26. The summed E-state index contributed by atoms with van der Waals surface area (Å²) in [5.41, 5.74) is 8.07. The van der Waals surface area contributed by atoms with E-state index >= 15 is 0 Å². The van der Waals surface area contributed by atoms with E-state index in [0.29, 0.717) is 18.9 Å². The van der Waals surface area contributed by atoms with Crippen molar-refractivity contribution in [2.75, 3.05) is 0 Å². The van der Waals surface area contributed by atoms with Gasteiger partial charge >= 0.3 is 0 Å². The van der Waals surface area contributed by atoms with Gasteiger partial charge in [0.15, 0.2) is 5.96 Å². The molecule has 1 fully saturated rings. The molecule has 1 aliphatic carbocycles. The highest BCUT2D eigenvalue weighted by Crippen LogP contribution is 2.44. The second kappa shape index (κ2) is 6.12. The fraction of sp³-hybridized carbons (Fsp3) is 0.529. The van der Waals surface area contributed by atoms with Crippen molar-refractivity contribution >= 4 is 5.96 Å². The average Bonchev–Trinajstić information content (AvgIpc) is 2.92. The molecule has 0 bridgehead atoms. The Labute approximate surface area is 140 Å². The summed E-state index contributed by atoms with van der Waals surface area (Å²) in [5, 5.41) is 6.32. The second-order valence-corrected chi connectivity index (χ2v) is 6.65. The maximum atomic E-state index is 13.7. The van der Waals surface area contributed by atoms with E-state index in [0.717, 1.165) is 17.0 Å². The van der Waals surface area contributed by atoms with Crippen molar-refractivity contribution in [1.29, 1.82) is 0 Å². The fourth-order valence-electron chi connectivity index (χ4n) is 3.38. The number of hydrogen-bond donors (Lipinski definition) is 3. The van der Waals surface area contributed by atoms with Crippen molar-refractivity contribution in [1.82, 2.24) is 15.6 Å². The van der Waals surface area contributed by atoms with Crippen LogP contribution in [0.25, 0.3) is 0 Å². The molecule has 2 aliphatic rings. The lowest BCUT2D eigenvalue weighted by molar-refractivity contribution is 0.00133. The number of pyridine rings is 1. The Balaban J connectivity index is 1.81. The fourth-order valence-corrected chi connectivity index (χ4v) is 3.38. The van der Waals surface area contributed by atoms with Crippen LogP contribution in [-0.4, -0.2) is 22.5 Å². The van der Waals surface area contributed by atoms with E-state index in [2.05, 4.69) is 20.6 Å². The van der Waals surface area contributed by atoms with Gasteiger partial charge in [0.1, 0.15) is 5.66 Å². The van der Waals surface area contributed by atoms with Crippen LogP contribution in [0.1, 0.15) is 38.8 Å². The van der Waals surface area contributed by atoms with E-state index in [-0.39, 0.29) is 18.8 Å². The number of alkyl halides is 2. The largest absolute Gasteiger partial charge is 0.334 e. The summed E-state index contributed by atoms with van der Waals surface area (Å²) >= 11 is 0. The maximum Gasteiger partial charge on any atom is 0.248 e. The highest BCUT2D eigenvalue weighted by Gasteiger charge is 2.50. The van der Waals surface area contributed by atoms with Gasteiger partial charge in [0.05, 0.1) is 12.2 Å². The molecule has 1 aliphatic heterocycles. The molecule has 2 atom stereocenters. The van der Waals surface area contributed by atoms with Gasteiger partial charge in [-0.2, -0.15) is 0 Å². The van der Waals surface area contributed by atoms with Crippen molar-refractivity contribution in [2.24, 2.45) is 16.6 Å². The number of hydrogen-bond acceptors (Lipinski definition) is 3. The molecule has 2 heterocycles. The summed E-state index contributed by atoms with van der Waals surface area (Å²) in [4.78, 5) is 8.70. The standard InChI is InChI=1S/C17H23F2N5/c1-11-12(2)23-15(22-10-14-5-3-4-8-21-14)24-17(11,20)13-6-7-16(18,19)9-13/h3-5,8,13H,6-7,9-10,20H2,1-2H3,(H2,22,23,24). The lowest BCUT2D eigenvalue weighted by atomic mass is 9.83. The van der Waals surface area contributed by atoms with Crippen LogP contribution in [0.15, 0.2) is 40.7 Å². The number of rotatable bonds is 3. The monoisotopic (exact) mass is 335 g/mol. The SMILES string of the molecule is CC1=C(C)C(N)(C2CCC(F)(F)C2)NC(=NCc2ccccn2)N1. The smallest absolute Gasteiger partial charge is 0.248 e. The molecule has 24 heavy (non-hydrogen) atoms. The minimum Gasteiger partial charge on any atom is -0.334 e. The quantitative estimate of drug-likeness (QED) is 0.793. The summed E-state index contributed by atoms with van der Waals surface area (Å²) in [6.07, 6.45) is 1.79. The number of nitrogens with zero attached hydrogens (tertiary/aromatic N) is 2. The van der Waals surface area contributed by atoms with Gasteiger partial charge in [-0.1, -0.05) is 6.07 Å². The van der Waals surface area contributed by atoms with Crippen LogP contribution in [0.4, 0.5) is 8.78 Å². The van der Waals surface area contributed by atoms with E-state index in [9.17, 15) is 8.78 Å². The number of aliphatic imine (C=N–C) groups is 1. The third-order valence-corrected chi connectivity index (χ3v) is 4.99. The van der Waals surface area contributed by atoms with Gasteiger partial charge in [-0.15, -0.1) is 0 Å². The van der Waals surface area contributed by atoms with Crippen molar-refractivity contribution in [3.63, 3.8) is 0 Å². The Hall–Kier alpha value is -2.02. The number of nitrogens with two attached hydrogens (primary N) is 1. The molecule has 1 aromatic heterocycles. The zero-order chi connectivity index (χ0) is 17.4. The highest BCUT2D eigenvalue weighted by molar-refractivity contribution is 5.84. The Kier molecular flexibility index (Phi) is 4.29. The first-order valence-corrected chi connectivity index (χ1v) is 8.14. The minimum atomic E-state index is -2.64. The van der Waals surface area contributed by atoms with Crippen molar-refractivity contribution in [3.8, 4) is 0 Å². The van der Waals surface area contributed by atoms with Crippen LogP contribution < -0.4 is 16.4 Å². The molecule has 0 aromatic carbocycles. The normalized spacial score (nSPS) is 31.0. The van der Waals surface area contributed by atoms with Crippen LogP contribution in [0.3, 0.4) is 0 Å². The maximum absolute atomic E-state index is 13.7. The van der Waals surface area contributed by atoms with Crippen LogP contribution in [0, 0.1) is 5.92 Å². The summed E-state index contributed by atoms with van der Waals surface area (Å²) in [6, 6.07) is 5.62. The zero-order valence-electron chi connectivity index (χ0n) is 13.9. The molecular formula is C17H23F2N5. The van der Waals surface area contributed by atoms with Gasteiger partial charge in [-0.05, 0) is 38.0 Å². The number of guanidine groups is 1. The Morgan fingerprint density at radius 3 is 2.79 bits per heavy atom. The number of halogens is 2. The van der Waals surface area contributed by atoms with E-state index in [1.165, 1.54) is 0 Å². The number of allylic oxidation sites excluding steroid dienone is 1.